The van der Waals surface area contributed by atoms with Crippen molar-refractivity contribution in [2.75, 3.05) is 18.0 Å². The molecule has 1 aliphatic heterocycles. The Kier molecular flexibility index (Phi) is 5.52. The lowest BCUT2D eigenvalue weighted by atomic mass is 9.95. The van der Waals surface area contributed by atoms with Gasteiger partial charge in [0.05, 0.1) is 10.6 Å². The molecule has 0 atom stereocenters. The summed E-state index contributed by atoms with van der Waals surface area (Å²) in [5.74, 6) is 0.128. The summed E-state index contributed by atoms with van der Waals surface area (Å²) >= 11 is 6.11. The number of rotatable bonds is 4. The molecule has 1 aliphatic rings. The number of pyridine rings is 1. The molecular weight excluding hydrogens is 336 g/mol. The molecule has 6 heteroatoms. The number of carbonyl (C=O) groups excluding carboxylic acids is 1. The first-order valence-electron chi connectivity index (χ1n) is 8.28. The maximum atomic E-state index is 12.3. The number of nitrogens with one attached hydrogen (secondary N) is 1. The molecule has 25 heavy (non-hydrogen) atoms. The maximum absolute atomic E-state index is 12.3. The molecule has 2 aromatic rings. The van der Waals surface area contributed by atoms with Crippen LogP contribution in [0.4, 0.5) is 5.69 Å². The number of benzene rings is 1. The van der Waals surface area contributed by atoms with Gasteiger partial charge >= 0.3 is 0 Å². The van der Waals surface area contributed by atoms with Crippen molar-refractivity contribution in [3.05, 3.63) is 58.9 Å². The fourth-order valence-corrected chi connectivity index (χ4v) is 3.24. The topological polar surface area (TPSA) is 69.0 Å². The molecular formula is C19H19ClN4O. The monoisotopic (exact) mass is 354 g/mol. The van der Waals surface area contributed by atoms with Crippen molar-refractivity contribution < 1.29 is 4.79 Å². The Morgan fingerprint density at radius 2 is 2.16 bits per heavy atom. The molecule has 1 amide bonds. The number of nitrogens with zero attached hydrogens (tertiary/aromatic N) is 3. The fraction of sp³-hybridized carbons (Fsp3) is 0.316. The number of piperidine rings is 1. The highest BCUT2D eigenvalue weighted by atomic mass is 35.5. The molecule has 0 radical (unpaired) electrons. The highest BCUT2D eigenvalue weighted by Gasteiger charge is 2.25. The highest BCUT2D eigenvalue weighted by Crippen LogP contribution is 2.27. The fourth-order valence-electron chi connectivity index (χ4n) is 3.03. The quantitative estimate of drug-likeness (QED) is 0.915. The third kappa shape index (κ3) is 4.28. The van der Waals surface area contributed by atoms with E-state index in [4.69, 9.17) is 16.9 Å². The van der Waals surface area contributed by atoms with Crippen molar-refractivity contribution in [3.63, 3.8) is 0 Å². The lowest BCUT2D eigenvalue weighted by Gasteiger charge is -2.33. The zero-order valence-electron chi connectivity index (χ0n) is 13.8. The van der Waals surface area contributed by atoms with Crippen molar-refractivity contribution in [1.82, 2.24) is 10.3 Å². The van der Waals surface area contributed by atoms with Crippen LogP contribution in [0.15, 0.2) is 42.7 Å². The van der Waals surface area contributed by atoms with Gasteiger partial charge in [-0.1, -0.05) is 17.7 Å². The van der Waals surface area contributed by atoms with Gasteiger partial charge < -0.3 is 10.2 Å². The molecule has 128 valence electrons. The van der Waals surface area contributed by atoms with Crippen molar-refractivity contribution in [2.24, 2.45) is 5.92 Å². The van der Waals surface area contributed by atoms with Crippen LogP contribution in [0.2, 0.25) is 5.02 Å². The van der Waals surface area contributed by atoms with E-state index in [0.29, 0.717) is 17.1 Å². The van der Waals surface area contributed by atoms with Gasteiger partial charge in [-0.2, -0.15) is 5.26 Å². The predicted molar refractivity (Wildman–Crippen MR) is 97.2 cm³/mol. The van der Waals surface area contributed by atoms with Gasteiger partial charge in [-0.15, -0.1) is 0 Å². The first kappa shape index (κ1) is 17.2. The van der Waals surface area contributed by atoms with Gasteiger partial charge in [-0.3, -0.25) is 9.78 Å². The molecule has 0 saturated carbocycles. The van der Waals surface area contributed by atoms with Crippen molar-refractivity contribution in [3.8, 4) is 6.07 Å². The van der Waals surface area contributed by atoms with E-state index >= 15 is 0 Å². The molecule has 1 saturated heterocycles. The predicted octanol–water partition coefficient (Wildman–Crippen LogP) is 3.14. The second-order valence-electron chi connectivity index (χ2n) is 6.12. The van der Waals surface area contributed by atoms with E-state index in [1.807, 2.05) is 24.3 Å². The SMILES string of the molecule is N#Cc1ccc(N2CCC(C(=O)NCc3cccnc3)CC2)cc1Cl. The first-order valence-corrected chi connectivity index (χ1v) is 8.66. The summed E-state index contributed by atoms with van der Waals surface area (Å²) in [5, 5.41) is 12.4. The molecule has 0 aliphatic carbocycles. The molecule has 5 nitrogen and oxygen atoms in total. The van der Waals surface area contributed by atoms with E-state index in [-0.39, 0.29) is 11.8 Å². The number of carbonyl (C=O) groups is 1. The lowest BCUT2D eigenvalue weighted by Crippen LogP contribution is -2.40. The van der Waals surface area contributed by atoms with Gasteiger partial charge in [0.25, 0.3) is 0 Å². The summed E-state index contributed by atoms with van der Waals surface area (Å²) in [6, 6.07) is 11.4. The maximum Gasteiger partial charge on any atom is 0.223 e. The zero-order valence-corrected chi connectivity index (χ0v) is 14.5. The second-order valence-corrected chi connectivity index (χ2v) is 6.52. The Labute approximate surface area is 152 Å². The smallest absolute Gasteiger partial charge is 0.223 e. The van der Waals surface area contributed by atoms with Gasteiger partial charge in [0.2, 0.25) is 5.91 Å². The summed E-state index contributed by atoms with van der Waals surface area (Å²) in [6.45, 7) is 2.11. The number of anilines is 1. The van der Waals surface area contributed by atoms with Crippen LogP contribution in [-0.2, 0) is 11.3 Å². The summed E-state index contributed by atoms with van der Waals surface area (Å²) in [4.78, 5) is 18.6. The van der Waals surface area contributed by atoms with Gasteiger partial charge in [0.1, 0.15) is 6.07 Å². The molecule has 0 spiro atoms. The molecule has 1 N–H and O–H groups in total. The number of hydrogen-bond acceptors (Lipinski definition) is 4. The van der Waals surface area contributed by atoms with Gasteiger partial charge in [0, 0.05) is 43.6 Å². The van der Waals surface area contributed by atoms with Crippen LogP contribution in [0.25, 0.3) is 0 Å². The van der Waals surface area contributed by atoms with Crippen LogP contribution in [-0.4, -0.2) is 24.0 Å². The minimum Gasteiger partial charge on any atom is -0.371 e. The van der Waals surface area contributed by atoms with E-state index in [1.54, 1.807) is 18.5 Å². The van der Waals surface area contributed by atoms with E-state index in [2.05, 4.69) is 21.3 Å². The van der Waals surface area contributed by atoms with E-state index in [0.717, 1.165) is 37.2 Å². The summed E-state index contributed by atoms with van der Waals surface area (Å²) in [7, 11) is 0. The Bertz CT molecular complexity index is 780. The number of hydrogen-bond donors (Lipinski definition) is 1. The van der Waals surface area contributed by atoms with Crippen LogP contribution in [0.3, 0.4) is 0 Å². The zero-order chi connectivity index (χ0) is 17.6. The highest BCUT2D eigenvalue weighted by molar-refractivity contribution is 6.32. The molecule has 2 heterocycles. The minimum absolute atomic E-state index is 0.0294. The normalized spacial score (nSPS) is 14.8. The first-order chi connectivity index (χ1) is 12.2. The number of amides is 1. The van der Waals surface area contributed by atoms with Crippen molar-refractivity contribution in [2.45, 2.75) is 19.4 Å². The Morgan fingerprint density at radius 1 is 1.36 bits per heavy atom. The Balaban J connectivity index is 1.52. The van der Waals surface area contributed by atoms with Gasteiger partial charge in [-0.05, 0) is 42.7 Å². The standard InChI is InChI=1S/C19H19ClN4O/c20-18-10-17(4-3-16(18)11-21)24-8-5-15(6-9-24)19(25)23-13-14-2-1-7-22-12-14/h1-4,7,10,12,15H,5-6,8-9,13H2,(H,23,25). The average Bonchev–Trinajstić information content (AvgIpc) is 2.67. The van der Waals surface area contributed by atoms with E-state index in [9.17, 15) is 4.79 Å². The van der Waals surface area contributed by atoms with Crippen LogP contribution < -0.4 is 10.2 Å². The van der Waals surface area contributed by atoms with Crippen LogP contribution in [0, 0.1) is 17.2 Å². The van der Waals surface area contributed by atoms with E-state index in [1.165, 1.54) is 0 Å². The van der Waals surface area contributed by atoms with Crippen LogP contribution in [0.1, 0.15) is 24.0 Å². The average molecular weight is 355 g/mol. The van der Waals surface area contributed by atoms with E-state index < -0.39 is 0 Å². The Morgan fingerprint density at radius 3 is 2.80 bits per heavy atom. The molecule has 0 unspecified atom stereocenters. The van der Waals surface area contributed by atoms with Gasteiger partial charge in [0.15, 0.2) is 0 Å². The third-order valence-electron chi connectivity index (χ3n) is 4.49. The molecule has 1 aromatic heterocycles. The van der Waals surface area contributed by atoms with Gasteiger partial charge in [-0.25, -0.2) is 0 Å². The molecule has 3 rings (SSSR count). The largest absolute Gasteiger partial charge is 0.371 e. The third-order valence-corrected chi connectivity index (χ3v) is 4.81. The van der Waals surface area contributed by atoms with Crippen molar-refractivity contribution in [1.29, 1.82) is 5.26 Å². The Hall–Kier alpha value is -2.58. The number of halogens is 1. The molecule has 0 bridgehead atoms. The molecule has 1 aromatic carbocycles. The molecule has 1 fully saturated rings. The summed E-state index contributed by atoms with van der Waals surface area (Å²) in [6.07, 6.45) is 5.08. The minimum atomic E-state index is 0.0294. The van der Waals surface area contributed by atoms with Crippen LogP contribution in [0.5, 0.6) is 0 Å². The second kappa shape index (κ2) is 8.00. The van der Waals surface area contributed by atoms with Crippen molar-refractivity contribution >= 4 is 23.2 Å². The van der Waals surface area contributed by atoms with Crippen LogP contribution >= 0.6 is 11.6 Å². The summed E-state index contributed by atoms with van der Waals surface area (Å²) in [5.41, 5.74) is 2.48. The number of aromatic nitrogens is 1. The summed E-state index contributed by atoms with van der Waals surface area (Å²) < 4.78 is 0. The lowest BCUT2D eigenvalue weighted by molar-refractivity contribution is -0.125. The number of nitriles is 1.